The van der Waals surface area contributed by atoms with E-state index >= 15 is 0 Å². The van der Waals surface area contributed by atoms with E-state index in [0.717, 1.165) is 73.1 Å². The third-order valence-electron chi connectivity index (χ3n) is 11.4. The Morgan fingerprint density at radius 2 is 1.26 bits per heavy atom. The van der Waals surface area contributed by atoms with Gasteiger partial charge in [-0.2, -0.15) is 0 Å². The standard InChI is InChI=1S/C52H46O6/c1-56-45-26-13-35(14-27-45)31-43-24-22-40-7-3-5-38(49(40)43)18-9-34-10-20-42(21-11-34)52(55)58-48-33-37(17-30-47(48)51(53)54)12-19-39-6-4-8-41-23-25-44(50(39)41)32-36-15-28-46(57-2)29-16-36/h3-8,10-11,13-17,20-21,24,26-30,32-33H,9,12,18-19,22-23,25,31H2,1-2H3,(H,53,54)/b44-32+. The number of carbonyl (C=O) groups excluding carboxylic acids is 1. The van der Waals surface area contributed by atoms with Gasteiger partial charge in [0.05, 0.1) is 19.8 Å². The lowest BCUT2D eigenvalue weighted by Gasteiger charge is -2.14. The maximum absolute atomic E-state index is 13.4. The molecule has 6 nitrogen and oxygen atoms in total. The molecule has 0 aliphatic heterocycles. The van der Waals surface area contributed by atoms with Gasteiger partial charge >= 0.3 is 11.9 Å². The van der Waals surface area contributed by atoms with Gasteiger partial charge in [-0.15, -0.1) is 0 Å². The van der Waals surface area contributed by atoms with Crippen molar-refractivity contribution in [3.63, 3.8) is 0 Å². The van der Waals surface area contributed by atoms with Crippen LogP contribution in [0.3, 0.4) is 0 Å². The first-order valence-electron chi connectivity index (χ1n) is 19.9. The number of ether oxygens (including phenoxy) is 3. The molecule has 0 saturated heterocycles. The molecular formula is C52H46O6. The number of aromatic carboxylic acids is 1. The highest BCUT2D eigenvalue weighted by Crippen LogP contribution is 2.38. The Labute approximate surface area is 340 Å². The summed E-state index contributed by atoms with van der Waals surface area (Å²) < 4.78 is 16.5. The van der Waals surface area contributed by atoms with E-state index in [1.165, 1.54) is 56.2 Å². The summed E-state index contributed by atoms with van der Waals surface area (Å²) in [5.74, 6) is 0.00439. The summed E-state index contributed by atoms with van der Waals surface area (Å²) in [7, 11) is 3.35. The summed E-state index contributed by atoms with van der Waals surface area (Å²) in [6, 6.07) is 41.9. The van der Waals surface area contributed by atoms with E-state index in [1.54, 1.807) is 32.4 Å². The Hall–Kier alpha value is -6.66. The largest absolute Gasteiger partial charge is 0.497 e. The number of carboxylic acid groups (broad SMARTS) is 1. The lowest BCUT2D eigenvalue weighted by atomic mass is 9.91. The predicted molar refractivity (Wildman–Crippen MR) is 230 cm³/mol. The molecule has 0 spiro atoms. The Bertz CT molecular complexity index is 2520. The highest BCUT2D eigenvalue weighted by atomic mass is 16.5. The highest BCUT2D eigenvalue weighted by Gasteiger charge is 2.22. The van der Waals surface area contributed by atoms with Crippen LogP contribution >= 0.6 is 0 Å². The topological polar surface area (TPSA) is 82.1 Å². The monoisotopic (exact) mass is 766 g/mol. The molecule has 0 fully saturated rings. The molecule has 0 bridgehead atoms. The zero-order chi connectivity index (χ0) is 40.0. The summed E-state index contributed by atoms with van der Waals surface area (Å²) in [5.41, 5.74) is 15.3. The van der Waals surface area contributed by atoms with Crippen LogP contribution in [0.2, 0.25) is 0 Å². The average molecular weight is 767 g/mol. The molecule has 0 radical (unpaired) electrons. The number of esters is 1. The number of fused-ring (bicyclic) bond motifs is 2. The van der Waals surface area contributed by atoms with E-state index in [1.807, 2.05) is 42.5 Å². The summed E-state index contributed by atoms with van der Waals surface area (Å²) >= 11 is 0. The number of carboxylic acids is 1. The number of allylic oxidation sites excluding steroid dienone is 3. The molecule has 6 heteroatoms. The molecule has 0 atom stereocenters. The Morgan fingerprint density at radius 3 is 1.95 bits per heavy atom. The lowest BCUT2D eigenvalue weighted by molar-refractivity contribution is 0.0681. The molecule has 0 saturated carbocycles. The molecule has 1 N–H and O–H groups in total. The number of methoxy groups -OCH3 is 2. The van der Waals surface area contributed by atoms with Gasteiger partial charge in [0.2, 0.25) is 0 Å². The number of hydrogen-bond donors (Lipinski definition) is 1. The normalized spacial score (nSPS) is 13.5. The zero-order valence-corrected chi connectivity index (χ0v) is 32.9. The van der Waals surface area contributed by atoms with Gasteiger partial charge in [-0.3, -0.25) is 0 Å². The molecule has 290 valence electrons. The van der Waals surface area contributed by atoms with Gasteiger partial charge in [0.25, 0.3) is 0 Å². The van der Waals surface area contributed by atoms with Gasteiger partial charge in [0, 0.05) is 0 Å². The molecule has 6 aromatic rings. The van der Waals surface area contributed by atoms with Crippen LogP contribution in [-0.4, -0.2) is 31.3 Å². The number of carbonyl (C=O) groups is 2. The predicted octanol–water partition coefficient (Wildman–Crippen LogP) is 10.9. The zero-order valence-electron chi connectivity index (χ0n) is 32.9. The Morgan fingerprint density at radius 1 is 0.638 bits per heavy atom. The van der Waals surface area contributed by atoms with Crippen molar-refractivity contribution in [1.29, 1.82) is 0 Å². The van der Waals surface area contributed by atoms with Crippen molar-refractivity contribution in [3.05, 3.63) is 200 Å². The minimum Gasteiger partial charge on any atom is -0.497 e. The third kappa shape index (κ3) is 8.52. The molecule has 0 heterocycles. The fourth-order valence-corrected chi connectivity index (χ4v) is 8.33. The van der Waals surface area contributed by atoms with E-state index in [4.69, 9.17) is 14.2 Å². The fraction of sp³-hybridized carbons (Fsp3) is 0.192. The second-order valence-corrected chi connectivity index (χ2v) is 15.0. The van der Waals surface area contributed by atoms with Crippen molar-refractivity contribution < 1.29 is 28.9 Å². The second-order valence-electron chi connectivity index (χ2n) is 15.0. The summed E-state index contributed by atoms with van der Waals surface area (Å²) in [6.07, 6.45) is 11.5. The average Bonchev–Trinajstić information content (AvgIpc) is 3.87. The molecule has 58 heavy (non-hydrogen) atoms. The van der Waals surface area contributed by atoms with Crippen LogP contribution < -0.4 is 14.2 Å². The molecule has 2 aliphatic carbocycles. The molecule has 0 amide bonds. The van der Waals surface area contributed by atoms with Gasteiger partial charge in [-0.1, -0.05) is 91.0 Å². The quantitative estimate of drug-likeness (QED) is 0.0878. The van der Waals surface area contributed by atoms with Gasteiger partial charge in [0.15, 0.2) is 0 Å². The minimum atomic E-state index is -1.15. The lowest BCUT2D eigenvalue weighted by Crippen LogP contribution is -2.12. The van der Waals surface area contributed by atoms with Crippen molar-refractivity contribution >= 4 is 29.2 Å². The minimum absolute atomic E-state index is 0.0464. The second kappa shape index (κ2) is 17.2. The van der Waals surface area contributed by atoms with Crippen LogP contribution in [-0.2, 0) is 44.9 Å². The van der Waals surface area contributed by atoms with E-state index in [-0.39, 0.29) is 11.3 Å². The number of benzene rings is 6. The van der Waals surface area contributed by atoms with Crippen LogP contribution in [0.1, 0.15) is 82.8 Å². The first-order chi connectivity index (χ1) is 28.3. The van der Waals surface area contributed by atoms with Crippen LogP contribution in [0.15, 0.2) is 133 Å². The highest BCUT2D eigenvalue weighted by molar-refractivity contribution is 5.95. The van der Waals surface area contributed by atoms with E-state index in [0.29, 0.717) is 12.0 Å². The molecule has 2 aliphatic rings. The van der Waals surface area contributed by atoms with Gasteiger partial charge in [0.1, 0.15) is 22.8 Å². The first kappa shape index (κ1) is 38.2. The Balaban J connectivity index is 0.921. The number of hydrogen-bond acceptors (Lipinski definition) is 5. The smallest absolute Gasteiger partial charge is 0.343 e. The summed E-state index contributed by atoms with van der Waals surface area (Å²) in [5, 5.41) is 9.98. The molecule has 6 aromatic carbocycles. The molecule has 0 aromatic heterocycles. The number of aryl methyl sites for hydroxylation is 5. The molecule has 0 unspecified atom stereocenters. The molecule has 8 rings (SSSR count). The van der Waals surface area contributed by atoms with Crippen molar-refractivity contribution in [2.75, 3.05) is 14.2 Å². The van der Waals surface area contributed by atoms with E-state index < -0.39 is 11.9 Å². The van der Waals surface area contributed by atoms with Crippen LogP contribution in [0.5, 0.6) is 17.2 Å². The van der Waals surface area contributed by atoms with Gasteiger partial charge in [-0.25, -0.2) is 9.59 Å². The summed E-state index contributed by atoms with van der Waals surface area (Å²) in [6.45, 7) is 0. The maximum atomic E-state index is 13.4. The Kier molecular flexibility index (Phi) is 11.4. The van der Waals surface area contributed by atoms with Gasteiger partial charge < -0.3 is 19.3 Å². The third-order valence-corrected chi connectivity index (χ3v) is 11.4. The van der Waals surface area contributed by atoms with Crippen LogP contribution in [0.25, 0.3) is 17.2 Å². The van der Waals surface area contributed by atoms with Crippen molar-refractivity contribution in [1.82, 2.24) is 0 Å². The van der Waals surface area contributed by atoms with E-state index in [2.05, 4.69) is 72.8 Å². The van der Waals surface area contributed by atoms with Crippen LogP contribution in [0.4, 0.5) is 0 Å². The fourth-order valence-electron chi connectivity index (χ4n) is 8.33. The van der Waals surface area contributed by atoms with Crippen molar-refractivity contribution in [2.45, 2.75) is 51.4 Å². The van der Waals surface area contributed by atoms with Gasteiger partial charge in [-0.05, 0) is 167 Å². The SMILES string of the molecule is COc1ccc(/C=C2\CCc3cccc(CCc4ccc(C(=O)O)c(OC(=O)c5ccc(CCc6cccc7c6C(Cc6ccc(OC)cc6)=CC7)cc5)c4)c32)cc1. The van der Waals surface area contributed by atoms with E-state index in [9.17, 15) is 14.7 Å². The van der Waals surface area contributed by atoms with Crippen molar-refractivity contribution in [2.24, 2.45) is 0 Å². The summed E-state index contributed by atoms with van der Waals surface area (Å²) in [4.78, 5) is 25.6. The van der Waals surface area contributed by atoms with Crippen LogP contribution in [0, 0.1) is 0 Å². The first-order valence-corrected chi connectivity index (χ1v) is 19.9. The molecular weight excluding hydrogens is 721 g/mol. The maximum Gasteiger partial charge on any atom is 0.343 e. The van der Waals surface area contributed by atoms with Crippen molar-refractivity contribution in [3.8, 4) is 17.2 Å². The number of rotatable bonds is 14.